The highest BCUT2D eigenvalue weighted by Crippen LogP contribution is 2.22. The van der Waals surface area contributed by atoms with E-state index in [4.69, 9.17) is 9.47 Å². The van der Waals surface area contributed by atoms with Crippen LogP contribution in [0.15, 0.2) is 78.9 Å². The summed E-state index contributed by atoms with van der Waals surface area (Å²) in [5.41, 5.74) is 1.86. The molecule has 0 spiro atoms. The number of hydrogen-bond acceptors (Lipinski definition) is 5. The van der Waals surface area contributed by atoms with E-state index in [9.17, 15) is 14.4 Å². The maximum Gasteiger partial charge on any atom is 0.338 e. The number of carbonyl (C=O) groups is 3. The number of hydrogen-bond donors (Lipinski definition) is 1. The Morgan fingerprint density at radius 2 is 1.58 bits per heavy atom. The van der Waals surface area contributed by atoms with Crippen LogP contribution in [-0.2, 0) is 20.9 Å². The monoisotopic (exact) mass is 444 g/mol. The van der Waals surface area contributed by atoms with Gasteiger partial charge in [-0.25, -0.2) is 4.79 Å². The number of ether oxygens (including phenoxy) is 2. The molecule has 0 saturated carbocycles. The summed E-state index contributed by atoms with van der Waals surface area (Å²) in [6, 6.07) is 23.2. The molecule has 0 radical (unpaired) electrons. The minimum absolute atomic E-state index is 0.155. The molecular formula is C26H24N2O5. The highest BCUT2D eigenvalue weighted by molar-refractivity contribution is 5.95. The van der Waals surface area contributed by atoms with Crippen molar-refractivity contribution in [1.82, 2.24) is 4.90 Å². The maximum absolute atomic E-state index is 12.2. The number of rotatable bonds is 8. The van der Waals surface area contributed by atoms with Crippen LogP contribution in [0, 0.1) is 0 Å². The van der Waals surface area contributed by atoms with Gasteiger partial charge in [0.1, 0.15) is 11.5 Å². The number of nitrogens with one attached hydrogen (secondary N) is 1. The number of anilines is 1. The summed E-state index contributed by atoms with van der Waals surface area (Å²) >= 11 is 0. The van der Waals surface area contributed by atoms with Gasteiger partial charge in [-0.05, 0) is 60.5 Å². The van der Waals surface area contributed by atoms with Crippen molar-refractivity contribution in [3.8, 4) is 11.5 Å². The second-order valence-corrected chi connectivity index (χ2v) is 7.68. The minimum atomic E-state index is -0.583. The van der Waals surface area contributed by atoms with E-state index < -0.39 is 18.5 Å². The van der Waals surface area contributed by atoms with Crippen LogP contribution >= 0.6 is 0 Å². The van der Waals surface area contributed by atoms with Crippen molar-refractivity contribution in [2.45, 2.75) is 19.4 Å². The Labute approximate surface area is 191 Å². The number of benzene rings is 3. The Morgan fingerprint density at radius 1 is 0.879 bits per heavy atom. The van der Waals surface area contributed by atoms with E-state index in [0.29, 0.717) is 30.0 Å². The van der Waals surface area contributed by atoms with Gasteiger partial charge >= 0.3 is 5.97 Å². The molecular weight excluding hydrogens is 420 g/mol. The van der Waals surface area contributed by atoms with Gasteiger partial charge in [-0.2, -0.15) is 0 Å². The Morgan fingerprint density at radius 3 is 2.24 bits per heavy atom. The number of para-hydroxylation sites is 1. The van der Waals surface area contributed by atoms with Gasteiger partial charge in [-0.1, -0.05) is 30.3 Å². The lowest BCUT2D eigenvalue weighted by atomic mass is 10.1. The molecule has 1 aliphatic rings. The van der Waals surface area contributed by atoms with Gasteiger partial charge in [0.15, 0.2) is 6.61 Å². The molecule has 0 bridgehead atoms. The summed E-state index contributed by atoms with van der Waals surface area (Å²) in [4.78, 5) is 37.9. The van der Waals surface area contributed by atoms with Gasteiger partial charge in [0.25, 0.3) is 5.91 Å². The molecule has 3 aromatic rings. The van der Waals surface area contributed by atoms with E-state index in [1.807, 2.05) is 30.3 Å². The minimum Gasteiger partial charge on any atom is -0.457 e. The van der Waals surface area contributed by atoms with E-state index >= 15 is 0 Å². The summed E-state index contributed by atoms with van der Waals surface area (Å²) in [6.45, 7) is 0.900. The number of likely N-dealkylation sites (tertiary alicyclic amines) is 1. The van der Waals surface area contributed by atoms with E-state index in [0.717, 1.165) is 24.3 Å². The fourth-order valence-electron chi connectivity index (χ4n) is 3.48. The van der Waals surface area contributed by atoms with E-state index in [1.165, 1.54) is 0 Å². The molecule has 4 rings (SSSR count). The Balaban J connectivity index is 1.23. The van der Waals surface area contributed by atoms with Gasteiger partial charge < -0.3 is 19.7 Å². The first-order valence-electron chi connectivity index (χ1n) is 10.7. The molecule has 7 heteroatoms. The molecule has 1 aliphatic heterocycles. The van der Waals surface area contributed by atoms with Crippen LogP contribution in [0.5, 0.6) is 11.5 Å². The van der Waals surface area contributed by atoms with Crippen LogP contribution in [0.3, 0.4) is 0 Å². The lowest BCUT2D eigenvalue weighted by Gasteiger charge is -2.15. The molecule has 33 heavy (non-hydrogen) atoms. The van der Waals surface area contributed by atoms with Crippen molar-refractivity contribution in [1.29, 1.82) is 0 Å². The smallest absolute Gasteiger partial charge is 0.338 e. The fraction of sp³-hybridized carbons (Fsp3) is 0.192. The summed E-state index contributed by atoms with van der Waals surface area (Å²) in [7, 11) is 0. The third kappa shape index (κ3) is 6.20. The third-order valence-corrected chi connectivity index (χ3v) is 5.19. The topological polar surface area (TPSA) is 84.9 Å². The summed E-state index contributed by atoms with van der Waals surface area (Å²) in [5.74, 6) is 0.495. The quantitative estimate of drug-likeness (QED) is 0.521. The molecule has 0 aromatic heterocycles. The molecule has 0 aliphatic carbocycles. The van der Waals surface area contributed by atoms with Crippen LogP contribution in [0.4, 0.5) is 5.69 Å². The van der Waals surface area contributed by atoms with Gasteiger partial charge in [-0.15, -0.1) is 0 Å². The Bertz CT molecular complexity index is 1110. The normalized spacial score (nSPS) is 13.0. The largest absolute Gasteiger partial charge is 0.457 e. The van der Waals surface area contributed by atoms with Gasteiger partial charge in [0, 0.05) is 25.2 Å². The fourth-order valence-corrected chi connectivity index (χ4v) is 3.48. The zero-order valence-corrected chi connectivity index (χ0v) is 18.0. The zero-order valence-electron chi connectivity index (χ0n) is 18.0. The average Bonchev–Trinajstić information content (AvgIpc) is 3.24. The van der Waals surface area contributed by atoms with Crippen molar-refractivity contribution in [3.05, 3.63) is 90.0 Å². The zero-order chi connectivity index (χ0) is 23.0. The molecule has 1 heterocycles. The molecule has 1 fully saturated rings. The Kier molecular flexibility index (Phi) is 6.99. The van der Waals surface area contributed by atoms with Crippen molar-refractivity contribution in [2.75, 3.05) is 18.5 Å². The SMILES string of the molecule is O=C(COC(=O)c1ccc(CN2CCCC2=O)cc1)Nc1ccc(Oc2ccccc2)cc1. The highest BCUT2D eigenvalue weighted by Gasteiger charge is 2.20. The van der Waals surface area contributed by atoms with E-state index in [1.54, 1.807) is 53.4 Å². The third-order valence-electron chi connectivity index (χ3n) is 5.19. The first-order valence-corrected chi connectivity index (χ1v) is 10.7. The van der Waals surface area contributed by atoms with E-state index in [2.05, 4.69) is 5.32 Å². The Hall–Kier alpha value is -4.13. The van der Waals surface area contributed by atoms with Gasteiger partial charge in [0.2, 0.25) is 5.91 Å². The second kappa shape index (κ2) is 10.5. The second-order valence-electron chi connectivity index (χ2n) is 7.68. The average molecular weight is 444 g/mol. The van der Waals surface area contributed by atoms with E-state index in [-0.39, 0.29) is 5.91 Å². The molecule has 1 N–H and O–H groups in total. The van der Waals surface area contributed by atoms with Crippen LogP contribution < -0.4 is 10.1 Å². The van der Waals surface area contributed by atoms with Crippen molar-refractivity contribution >= 4 is 23.5 Å². The lowest BCUT2D eigenvalue weighted by Crippen LogP contribution is -2.23. The van der Waals surface area contributed by atoms with Gasteiger partial charge in [-0.3, -0.25) is 9.59 Å². The molecule has 2 amide bonds. The molecule has 0 unspecified atom stereocenters. The first kappa shape index (κ1) is 22.1. The standard InChI is InChI=1S/C26H24N2O5/c29-24(27-21-12-14-23(15-13-21)33-22-5-2-1-3-6-22)18-32-26(31)20-10-8-19(9-11-20)17-28-16-4-7-25(28)30/h1-3,5-6,8-15H,4,7,16-18H2,(H,27,29). The van der Waals surface area contributed by atoms with Crippen LogP contribution in [-0.4, -0.2) is 35.8 Å². The number of amides is 2. The number of nitrogens with zero attached hydrogens (tertiary/aromatic N) is 1. The summed E-state index contributed by atoms with van der Waals surface area (Å²) in [6.07, 6.45) is 1.48. The number of esters is 1. The molecule has 7 nitrogen and oxygen atoms in total. The molecule has 3 aromatic carbocycles. The van der Waals surface area contributed by atoms with Crippen molar-refractivity contribution < 1.29 is 23.9 Å². The highest BCUT2D eigenvalue weighted by atomic mass is 16.5. The summed E-state index contributed by atoms with van der Waals surface area (Å²) < 4.78 is 10.8. The van der Waals surface area contributed by atoms with Gasteiger partial charge in [0.05, 0.1) is 5.56 Å². The maximum atomic E-state index is 12.2. The van der Waals surface area contributed by atoms with Crippen molar-refractivity contribution in [3.63, 3.8) is 0 Å². The van der Waals surface area contributed by atoms with Crippen LogP contribution in [0.25, 0.3) is 0 Å². The predicted molar refractivity (Wildman–Crippen MR) is 123 cm³/mol. The number of carbonyl (C=O) groups excluding carboxylic acids is 3. The van der Waals surface area contributed by atoms with Crippen molar-refractivity contribution in [2.24, 2.45) is 0 Å². The molecule has 1 saturated heterocycles. The summed E-state index contributed by atoms with van der Waals surface area (Å²) in [5, 5.41) is 2.68. The first-order chi connectivity index (χ1) is 16.1. The molecule has 0 atom stereocenters. The predicted octanol–water partition coefficient (Wildman–Crippen LogP) is 4.40. The lowest BCUT2D eigenvalue weighted by molar-refractivity contribution is -0.128. The van der Waals surface area contributed by atoms with Crippen LogP contribution in [0.2, 0.25) is 0 Å². The van der Waals surface area contributed by atoms with Crippen LogP contribution in [0.1, 0.15) is 28.8 Å². The molecule has 168 valence electrons.